The van der Waals surface area contributed by atoms with Crippen molar-refractivity contribution >= 4 is 5.97 Å². The van der Waals surface area contributed by atoms with Crippen molar-refractivity contribution in [3.05, 3.63) is 17.2 Å². The molecular formula is C13H20N2O2. The molecule has 0 aliphatic carbocycles. The van der Waals surface area contributed by atoms with E-state index in [1.54, 1.807) is 0 Å². The number of carboxylic acid groups (broad SMARTS) is 1. The molecule has 0 spiro atoms. The van der Waals surface area contributed by atoms with Crippen LogP contribution in [0.2, 0.25) is 0 Å². The minimum absolute atomic E-state index is 0.295. The monoisotopic (exact) mass is 236 g/mol. The summed E-state index contributed by atoms with van der Waals surface area (Å²) in [6.07, 6.45) is 0.571. The van der Waals surface area contributed by atoms with Crippen LogP contribution in [0.5, 0.6) is 0 Å². The van der Waals surface area contributed by atoms with Gasteiger partial charge >= 0.3 is 5.97 Å². The fraction of sp³-hybridized carbons (Fsp3) is 0.692. The first-order chi connectivity index (χ1) is 7.91. The molecule has 4 nitrogen and oxygen atoms in total. The number of aromatic nitrogens is 2. The zero-order valence-electron chi connectivity index (χ0n) is 10.9. The fourth-order valence-electron chi connectivity index (χ4n) is 2.60. The van der Waals surface area contributed by atoms with E-state index in [1.807, 2.05) is 0 Å². The topological polar surface area (TPSA) is 55.1 Å². The lowest BCUT2D eigenvalue weighted by Gasteiger charge is -2.14. The van der Waals surface area contributed by atoms with E-state index in [4.69, 9.17) is 5.11 Å². The summed E-state index contributed by atoms with van der Waals surface area (Å²) in [7, 11) is 0. The smallest absolute Gasteiger partial charge is 0.308 e. The van der Waals surface area contributed by atoms with Gasteiger partial charge in [0.2, 0.25) is 0 Å². The van der Waals surface area contributed by atoms with Crippen molar-refractivity contribution in [3.8, 4) is 0 Å². The minimum Gasteiger partial charge on any atom is -0.481 e. The standard InChI is InChI=1S/C13H20N2O2/c1-7(2)11-12(8(3)4)15-6-9(13(16)17)5-10(15)14-11/h7-9H,5-6H2,1-4H3,(H,16,17). The van der Waals surface area contributed by atoms with E-state index < -0.39 is 5.97 Å². The Kier molecular flexibility index (Phi) is 2.98. The third-order valence-electron chi connectivity index (χ3n) is 3.39. The number of aliphatic carboxylic acids is 1. The minimum atomic E-state index is -0.712. The lowest BCUT2D eigenvalue weighted by atomic mass is 10.0. The van der Waals surface area contributed by atoms with Gasteiger partial charge < -0.3 is 9.67 Å². The third-order valence-corrected chi connectivity index (χ3v) is 3.39. The molecule has 1 N–H and O–H groups in total. The second-order valence-electron chi connectivity index (χ2n) is 5.46. The molecule has 17 heavy (non-hydrogen) atoms. The fourth-order valence-corrected chi connectivity index (χ4v) is 2.60. The summed E-state index contributed by atoms with van der Waals surface area (Å²) in [5, 5.41) is 9.07. The summed E-state index contributed by atoms with van der Waals surface area (Å²) in [5.41, 5.74) is 2.36. The molecule has 1 atom stereocenters. The van der Waals surface area contributed by atoms with Crippen molar-refractivity contribution in [1.29, 1.82) is 0 Å². The van der Waals surface area contributed by atoms with Crippen LogP contribution in [-0.4, -0.2) is 20.6 Å². The number of hydrogen-bond donors (Lipinski definition) is 1. The number of imidazole rings is 1. The van der Waals surface area contributed by atoms with Crippen molar-refractivity contribution in [2.75, 3.05) is 0 Å². The highest BCUT2D eigenvalue weighted by molar-refractivity contribution is 5.70. The molecule has 1 aromatic rings. The number of carbonyl (C=O) groups is 1. The van der Waals surface area contributed by atoms with Gasteiger partial charge in [-0.1, -0.05) is 27.7 Å². The maximum absolute atomic E-state index is 11.0. The van der Waals surface area contributed by atoms with E-state index in [9.17, 15) is 4.79 Å². The molecule has 0 amide bonds. The van der Waals surface area contributed by atoms with Crippen LogP contribution < -0.4 is 0 Å². The van der Waals surface area contributed by atoms with Gasteiger partial charge in [0.1, 0.15) is 5.82 Å². The molecule has 0 saturated heterocycles. The number of rotatable bonds is 3. The van der Waals surface area contributed by atoms with Crippen LogP contribution in [0.25, 0.3) is 0 Å². The molecule has 2 rings (SSSR count). The molecule has 2 heterocycles. The molecular weight excluding hydrogens is 216 g/mol. The quantitative estimate of drug-likeness (QED) is 0.876. The van der Waals surface area contributed by atoms with Gasteiger partial charge in [-0.3, -0.25) is 4.79 Å². The van der Waals surface area contributed by atoms with Crippen LogP contribution >= 0.6 is 0 Å². The summed E-state index contributed by atoms with van der Waals surface area (Å²) in [6, 6.07) is 0. The first kappa shape index (κ1) is 12.1. The highest BCUT2D eigenvalue weighted by atomic mass is 16.4. The summed E-state index contributed by atoms with van der Waals surface area (Å²) in [5.74, 6) is 0.729. The zero-order valence-corrected chi connectivity index (χ0v) is 10.9. The highest BCUT2D eigenvalue weighted by Crippen LogP contribution is 2.32. The molecule has 94 valence electrons. The van der Waals surface area contributed by atoms with Crippen LogP contribution in [0.1, 0.15) is 56.7 Å². The van der Waals surface area contributed by atoms with Gasteiger partial charge in [0.15, 0.2) is 0 Å². The Balaban J connectivity index is 2.41. The molecule has 1 aromatic heterocycles. The molecule has 0 bridgehead atoms. The van der Waals surface area contributed by atoms with Crippen molar-refractivity contribution in [2.45, 2.75) is 52.5 Å². The van der Waals surface area contributed by atoms with Crippen molar-refractivity contribution in [1.82, 2.24) is 9.55 Å². The number of hydrogen-bond acceptors (Lipinski definition) is 2. The molecule has 0 fully saturated rings. The summed E-state index contributed by atoms with van der Waals surface area (Å²) in [6.45, 7) is 9.14. The van der Waals surface area contributed by atoms with E-state index in [-0.39, 0.29) is 5.92 Å². The normalized spacial score (nSPS) is 19.1. The average molecular weight is 236 g/mol. The number of fused-ring (bicyclic) bond motifs is 1. The van der Waals surface area contributed by atoms with Gasteiger partial charge in [-0.25, -0.2) is 4.98 Å². The van der Waals surface area contributed by atoms with Crippen molar-refractivity contribution in [3.63, 3.8) is 0 Å². The Bertz CT molecular complexity index is 447. The van der Waals surface area contributed by atoms with E-state index in [0.717, 1.165) is 11.5 Å². The van der Waals surface area contributed by atoms with Crippen LogP contribution in [0.15, 0.2) is 0 Å². The lowest BCUT2D eigenvalue weighted by Crippen LogP contribution is -2.16. The molecule has 1 unspecified atom stereocenters. The van der Waals surface area contributed by atoms with Crippen LogP contribution in [0.4, 0.5) is 0 Å². The van der Waals surface area contributed by atoms with E-state index in [1.165, 1.54) is 5.69 Å². The van der Waals surface area contributed by atoms with Crippen LogP contribution in [0.3, 0.4) is 0 Å². The van der Waals surface area contributed by atoms with E-state index >= 15 is 0 Å². The third kappa shape index (κ3) is 1.96. The number of nitrogens with zero attached hydrogens (tertiary/aromatic N) is 2. The van der Waals surface area contributed by atoms with Crippen molar-refractivity contribution in [2.24, 2.45) is 5.92 Å². The van der Waals surface area contributed by atoms with Crippen molar-refractivity contribution < 1.29 is 9.90 Å². The summed E-state index contributed by atoms with van der Waals surface area (Å²) in [4.78, 5) is 15.7. The van der Waals surface area contributed by atoms with Gasteiger partial charge in [0, 0.05) is 18.7 Å². The van der Waals surface area contributed by atoms with Crippen LogP contribution in [-0.2, 0) is 17.8 Å². The Hall–Kier alpha value is -1.32. The first-order valence-corrected chi connectivity index (χ1v) is 6.23. The SMILES string of the molecule is CC(C)c1nc2n(c1C(C)C)CC(C(=O)O)C2. The Morgan fingerprint density at radius 1 is 1.35 bits per heavy atom. The Labute approximate surface area is 102 Å². The van der Waals surface area contributed by atoms with Gasteiger partial charge in [-0.15, -0.1) is 0 Å². The highest BCUT2D eigenvalue weighted by Gasteiger charge is 2.32. The Morgan fingerprint density at radius 2 is 2.00 bits per heavy atom. The van der Waals surface area contributed by atoms with Gasteiger partial charge in [-0.2, -0.15) is 0 Å². The molecule has 0 saturated carbocycles. The molecule has 1 aliphatic heterocycles. The second kappa shape index (κ2) is 4.17. The largest absolute Gasteiger partial charge is 0.481 e. The van der Waals surface area contributed by atoms with Gasteiger partial charge in [0.25, 0.3) is 0 Å². The lowest BCUT2D eigenvalue weighted by molar-refractivity contribution is -0.141. The van der Waals surface area contributed by atoms with Gasteiger partial charge in [0.05, 0.1) is 11.6 Å². The first-order valence-electron chi connectivity index (χ1n) is 6.23. The van der Waals surface area contributed by atoms with E-state index in [0.29, 0.717) is 24.8 Å². The average Bonchev–Trinajstić information content (AvgIpc) is 2.71. The second-order valence-corrected chi connectivity index (χ2v) is 5.46. The maximum Gasteiger partial charge on any atom is 0.308 e. The maximum atomic E-state index is 11.0. The predicted octanol–water partition coefficient (Wildman–Crippen LogP) is 2.39. The van der Waals surface area contributed by atoms with E-state index in [2.05, 4.69) is 37.2 Å². The summed E-state index contributed by atoms with van der Waals surface area (Å²) >= 11 is 0. The summed E-state index contributed by atoms with van der Waals surface area (Å²) < 4.78 is 2.12. The number of carboxylic acids is 1. The predicted molar refractivity (Wildman–Crippen MR) is 65.2 cm³/mol. The zero-order chi connectivity index (χ0) is 12.7. The van der Waals surface area contributed by atoms with Crippen LogP contribution in [0, 0.1) is 5.92 Å². The Morgan fingerprint density at radius 3 is 2.47 bits per heavy atom. The molecule has 0 aromatic carbocycles. The van der Waals surface area contributed by atoms with Gasteiger partial charge in [-0.05, 0) is 11.8 Å². The molecule has 1 aliphatic rings. The molecule has 4 heteroatoms. The molecule has 0 radical (unpaired) electrons.